The molecule has 1 heteroatoms. The second-order valence-corrected chi connectivity index (χ2v) is 12.9. The van der Waals surface area contributed by atoms with E-state index in [4.69, 9.17) is 0 Å². The fourth-order valence-electron chi connectivity index (χ4n) is 7.36. The third kappa shape index (κ3) is 5.86. The van der Waals surface area contributed by atoms with Gasteiger partial charge in [-0.3, -0.25) is 0 Å². The summed E-state index contributed by atoms with van der Waals surface area (Å²) in [7, 11) is 0. The summed E-state index contributed by atoms with van der Waals surface area (Å²) in [6.07, 6.45) is 0. The van der Waals surface area contributed by atoms with Gasteiger partial charge >= 0.3 is 0 Å². The van der Waals surface area contributed by atoms with Crippen molar-refractivity contribution in [2.45, 2.75) is 0 Å². The molecule has 240 valence electrons. The monoisotopic (exact) mass is 649 g/mol. The van der Waals surface area contributed by atoms with E-state index in [9.17, 15) is 0 Å². The molecule has 0 atom stereocenters. The lowest BCUT2D eigenvalue weighted by molar-refractivity contribution is 1.28. The Morgan fingerprint density at radius 2 is 0.686 bits per heavy atom. The van der Waals surface area contributed by atoms with E-state index in [2.05, 4.69) is 217 Å². The van der Waals surface area contributed by atoms with Crippen LogP contribution >= 0.6 is 0 Å². The molecule has 0 fully saturated rings. The quantitative estimate of drug-likeness (QED) is 0.155. The van der Waals surface area contributed by atoms with Crippen molar-refractivity contribution >= 4 is 38.6 Å². The van der Waals surface area contributed by atoms with Gasteiger partial charge < -0.3 is 4.90 Å². The molecule has 0 radical (unpaired) electrons. The highest BCUT2D eigenvalue weighted by atomic mass is 15.1. The van der Waals surface area contributed by atoms with Crippen molar-refractivity contribution in [3.63, 3.8) is 0 Å². The van der Waals surface area contributed by atoms with Crippen LogP contribution in [0.15, 0.2) is 212 Å². The minimum Gasteiger partial charge on any atom is -0.310 e. The summed E-state index contributed by atoms with van der Waals surface area (Å²) in [6.45, 7) is 0. The largest absolute Gasteiger partial charge is 0.310 e. The Balaban J connectivity index is 1.15. The lowest BCUT2D eigenvalue weighted by atomic mass is 9.92. The molecule has 9 aromatic rings. The number of para-hydroxylation sites is 1. The molecule has 0 aromatic heterocycles. The Bertz CT molecular complexity index is 2590. The summed E-state index contributed by atoms with van der Waals surface area (Å²) < 4.78 is 0. The van der Waals surface area contributed by atoms with Crippen LogP contribution in [0.1, 0.15) is 0 Å². The first-order valence-corrected chi connectivity index (χ1v) is 17.5. The number of hydrogen-bond donors (Lipinski definition) is 0. The predicted molar refractivity (Wildman–Crippen MR) is 218 cm³/mol. The normalized spacial score (nSPS) is 11.1. The molecule has 0 amide bonds. The third-order valence-electron chi connectivity index (χ3n) is 9.87. The smallest absolute Gasteiger partial charge is 0.0468 e. The predicted octanol–water partition coefficient (Wildman–Crippen LogP) is 14.1. The van der Waals surface area contributed by atoms with Gasteiger partial charge in [0.15, 0.2) is 0 Å². The highest BCUT2D eigenvalue weighted by molar-refractivity contribution is 6.13. The molecule has 0 aliphatic carbocycles. The van der Waals surface area contributed by atoms with Crippen molar-refractivity contribution in [3.8, 4) is 44.5 Å². The number of rotatable bonds is 7. The van der Waals surface area contributed by atoms with Crippen molar-refractivity contribution in [2.75, 3.05) is 4.90 Å². The molecule has 9 rings (SSSR count). The van der Waals surface area contributed by atoms with Crippen LogP contribution in [0.5, 0.6) is 0 Å². The number of fused-ring (bicyclic) bond motifs is 3. The summed E-state index contributed by atoms with van der Waals surface area (Å²) in [5.41, 5.74) is 13.0. The van der Waals surface area contributed by atoms with Crippen molar-refractivity contribution in [1.29, 1.82) is 0 Å². The van der Waals surface area contributed by atoms with Gasteiger partial charge in [0.2, 0.25) is 0 Å². The maximum absolute atomic E-state index is 2.36. The molecule has 0 saturated heterocycles. The molecular formula is C50H35N. The molecule has 0 spiro atoms. The second kappa shape index (κ2) is 13.3. The molecule has 51 heavy (non-hydrogen) atoms. The highest BCUT2D eigenvalue weighted by Crippen LogP contribution is 2.42. The zero-order valence-electron chi connectivity index (χ0n) is 28.2. The van der Waals surface area contributed by atoms with Crippen LogP contribution in [0.25, 0.3) is 66.1 Å². The topological polar surface area (TPSA) is 3.24 Å². The minimum absolute atomic E-state index is 1.11. The number of anilines is 3. The Labute approximate surface area is 299 Å². The number of hydrogen-bond acceptors (Lipinski definition) is 1. The summed E-state index contributed by atoms with van der Waals surface area (Å²) in [6, 6.07) is 76.6. The van der Waals surface area contributed by atoms with Gasteiger partial charge in [-0.1, -0.05) is 170 Å². The molecule has 0 saturated carbocycles. The zero-order chi connectivity index (χ0) is 34.0. The van der Waals surface area contributed by atoms with E-state index in [1.807, 2.05) is 0 Å². The maximum Gasteiger partial charge on any atom is 0.0468 e. The molecule has 0 aliphatic heterocycles. The fourth-order valence-corrected chi connectivity index (χ4v) is 7.36. The molecular weight excluding hydrogens is 615 g/mol. The van der Waals surface area contributed by atoms with E-state index < -0.39 is 0 Å². The molecule has 0 unspecified atom stereocenters. The lowest BCUT2D eigenvalue weighted by Crippen LogP contribution is -2.10. The van der Waals surface area contributed by atoms with E-state index in [0.29, 0.717) is 0 Å². The zero-order valence-corrected chi connectivity index (χ0v) is 28.2. The number of nitrogens with zero attached hydrogens (tertiary/aromatic N) is 1. The average molecular weight is 650 g/mol. The van der Waals surface area contributed by atoms with E-state index in [0.717, 1.165) is 17.1 Å². The Morgan fingerprint density at radius 1 is 0.235 bits per heavy atom. The summed E-state index contributed by atoms with van der Waals surface area (Å²) in [4.78, 5) is 2.36. The van der Waals surface area contributed by atoms with Crippen molar-refractivity contribution in [3.05, 3.63) is 212 Å². The Kier molecular flexibility index (Phi) is 7.92. The lowest BCUT2D eigenvalue weighted by Gasteiger charge is -2.27. The first-order chi connectivity index (χ1) is 25.3. The third-order valence-corrected chi connectivity index (χ3v) is 9.87. The highest BCUT2D eigenvalue weighted by Gasteiger charge is 2.17. The molecule has 1 nitrogen and oxygen atoms in total. The fraction of sp³-hybridized carbons (Fsp3) is 0. The maximum atomic E-state index is 2.36. The van der Waals surface area contributed by atoms with Crippen molar-refractivity contribution < 1.29 is 0 Å². The van der Waals surface area contributed by atoms with Crippen molar-refractivity contribution in [1.82, 2.24) is 0 Å². The molecule has 0 bridgehead atoms. The van der Waals surface area contributed by atoms with Crippen LogP contribution in [-0.2, 0) is 0 Å². The summed E-state index contributed by atoms with van der Waals surface area (Å²) >= 11 is 0. The van der Waals surface area contributed by atoms with Crippen LogP contribution in [0, 0.1) is 0 Å². The molecule has 0 N–H and O–H groups in total. The van der Waals surface area contributed by atoms with Gasteiger partial charge in [-0.05, 0) is 109 Å². The van der Waals surface area contributed by atoms with Crippen LogP contribution in [-0.4, -0.2) is 0 Å². The van der Waals surface area contributed by atoms with Gasteiger partial charge in [0.05, 0.1) is 0 Å². The van der Waals surface area contributed by atoms with Crippen LogP contribution in [0.3, 0.4) is 0 Å². The minimum atomic E-state index is 1.11. The Hall–Kier alpha value is -6.70. The van der Waals surface area contributed by atoms with Gasteiger partial charge in [0.1, 0.15) is 0 Å². The second-order valence-electron chi connectivity index (χ2n) is 12.9. The molecule has 0 aliphatic rings. The van der Waals surface area contributed by atoms with Gasteiger partial charge in [-0.2, -0.15) is 0 Å². The van der Waals surface area contributed by atoms with Gasteiger partial charge in [0.25, 0.3) is 0 Å². The van der Waals surface area contributed by atoms with E-state index >= 15 is 0 Å². The van der Waals surface area contributed by atoms with Gasteiger partial charge in [-0.15, -0.1) is 0 Å². The first kappa shape index (κ1) is 30.4. The van der Waals surface area contributed by atoms with E-state index in [-0.39, 0.29) is 0 Å². The van der Waals surface area contributed by atoms with Gasteiger partial charge in [0, 0.05) is 17.1 Å². The van der Waals surface area contributed by atoms with E-state index in [1.165, 1.54) is 66.1 Å². The standard InChI is InChI=1S/C50H35N/c1-4-14-36(15-5-1)37-24-26-39(27-25-37)46-33-32-44(35-50(46)38-16-6-2-7-17-38)51(42-19-8-3-9-20-42)43-30-28-40(29-31-43)49-34-41-18-10-11-21-45(41)47-22-12-13-23-48(47)49/h1-35H. The molecule has 0 heterocycles. The molecule has 9 aromatic carbocycles. The average Bonchev–Trinajstić information content (AvgIpc) is 3.22. The summed E-state index contributed by atoms with van der Waals surface area (Å²) in [5, 5.41) is 5.09. The summed E-state index contributed by atoms with van der Waals surface area (Å²) in [5.74, 6) is 0. The van der Waals surface area contributed by atoms with Crippen LogP contribution in [0.4, 0.5) is 17.1 Å². The SMILES string of the molecule is c1ccc(-c2ccc(-c3ccc(N(c4ccccc4)c4ccc(-c5cc6ccccc6c6ccccc56)cc4)cc3-c3ccccc3)cc2)cc1. The number of benzene rings is 9. The first-order valence-electron chi connectivity index (χ1n) is 17.5. The van der Waals surface area contributed by atoms with Crippen LogP contribution in [0.2, 0.25) is 0 Å². The van der Waals surface area contributed by atoms with Gasteiger partial charge in [-0.25, -0.2) is 0 Å². The van der Waals surface area contributed by atoms with Crippen LogP contribution < -0.4 is 4.90 Å². The Morgan fingerprint density at radius 3 is 1.39 bits per heavy atom. The van der Waals surface area contributed by atoms with Crippen molar-refractivity contribution in [2.24, 2.45) is 0 Å². The van der Waals surface area contributed by atoms with E-state index in [1.54, 1.807) is 0 Å².